The number of hydrogen-bond acceptors (Lipinski definition) is 5. The van der Waals surface area contributed by atoms with Gasteiger partial charge < -0.3 is 14.8 Å². The Morgan fingerprint density at radius 3 is 2.44 bits per heavy atom. The number of nitrogens with one attached hydrogen (secondary N) is 2. The Morgan fingerprint density at radius 2 is 1.85 bits per heavy atom. The summed E-state index contributed by atoms with van der Waals surface area (Å²) in [7, 11) is -2.20. The van der Waals surface area contributed by atoms with Gasteiger partial charge in [0.05, 0.1) is 18.1 Å². The van der Waals surface area contributed by atoms with E-state index >= 15 is 0 Å². The van der Waals surface area contributed by atoms with Crippen molar-refractivity contribution in [1.29, 1.82) is 0 Å². The quantitative estimate of drug-likeness (QED) is 0.757. The lowest BCUT2D eigenvalue weighted by Crippen LogP contribution is -2.31. The first-order chi connectivity index (χ1) is 13.0. The zero-order valence-corrected chi connectivity index (χ0v) is 15.8. The average Bonchev–Trinajstić information content (AvgIpc) is 3.20. The topological polar surface area (TPSA) is 93.7 Å². The molecule has 2 aromatic carbocycles. The Balaban J connectivity index is 1.61. The van der Waals surface area contributed by atoms with E-state index in [4.69, 9.17) is 9.47 Å². The Bertz CT molecular complexity index is 873. The van der Waals surface area contributed by atoms with Crippen LogP contribution < -0.4 is 14.8 Å². The summed E-state index contributed by atoms with van der Waals surface area (Å²) >= 11 is 0. The fraction of sp³-hybridized carbons (Fsp3) is 0.316. The second-order valence-electron chi connectivity index (χ2n) is 6.20. The van der Waals surface area contributed by atoms with Gasteiger partial charge in [0.2, 0.25) is 0 Å². The molecule has 1 amide bonds. The molecule has 0 spiro atoms. The second-order valence-corrected chi connectivity index (χ2v) is 7.89. The van der Waals surface area contributed by atoms with Crippen LogP contribution in [0.2, 0.25) is 0 Å². The lowest BCUT2D eigenvalue weighted by atomic mass is 10.2. The third-order valence-corrected chi connectivity index (χ3v) is 5.68. The van der Waals surface area contributed by atoms with E-state index < -0.39 is 10.0 Å². The smallest absolute Gasteiger partial charge is 0.261 e. The zero-order valence-electron chi connectivity index (χ0n) is 15.0. The van der Waals surface area contributed by atoms with Gasteiger partial charge in [-0.05, 0) is 61.4 Å². The van der Waals surface area contributed by atoms with E-state index in [9.17, 15) is 13.2 Å². The zero-order chi connectivity index (χ0) is 19.3. The van der Waals surface area contributed by atoms with Crippen molar-refractivity contribution in [3.63, 3.8) is 0 Å². The molecule has 0 aliphatic carbocycles. The molecule has 1 saturated heterocycles. The van der Waals surface area contributed by atoms with Gasteiger partial charge in [0.1, 0.15) is 5.75 Å². The normalized spacial score (nSPS) is 16.7. The first-order valence-corrected chi connectivity index (χ1v) is 10.1. The number of benzene rings is 2. The number of carbonyl (C=O) groups excluding carboxylic acids is 1. The molecular weight excluding hydrogens is 368 g/mol. The van der Waals surface area contributed by atoms with Crippen molar-refractivity contribution in [1.82, 2.24) is 5.32 Å². The highest BCUT2D eigenvalue weighted by molar-refractivity contribution is 7.92. The highest BCUT2D eigenvalue weighted by Gasteiger charge is 2.17. The summed E-state index contributed by atoms with van der Waals surface area (Å²) in [6.45, 7) is 1.22. The van der Waals surface area contributed by atoms with E-state index in [1.807, 2.05) is 0 Å². The van der Waals surface area contributed by atoms with Crippen molar-refractivity contribution >= 4 is 21.6 Å². The summed E-state index contributed by atoms with van der Waals surface area (Å²) in [4.78, 5) is 12.3. The maximum absolute atomic E-state index is 12.4. The maximum atomic E-state index is 12.4. The van der Waals surface area contributed by atoms with Crippen LogP contribution in [0.25, 0.3) is 0 Å². The minimum Gasteiger partial charge on any atom is -0.497 e. The van der Waals surface area contributed by atoms with Gasteiger partial charge in [-0.3, -0.25) is 9.52 Å². The van der Waals surface area contributed by atoms with Crippen LogP contribution in [0.15, 0.2) is 53.4 Å². The second kappa shape index (κ2) is 8.41. The Hall–Kier alpha value is -2.58. The number of rotatable bonds is 7. The molecule has 2 aromatic rings. The number of methoxy groups -OCH3 is 1. The number of sulfonamides is 1. The van der Waals surface area contributed by atoms with Crippen LogP contribution in [0.3, 0.4) is 0 Å². The molecule has 0 aromatic heterocycles. The predicted molar refractivity (Wildman–Crippen MR) is 102 cm³/mol. The monoisotopic (exact) mass is 390 g/mol. The van der Waals surface area contributed by atoms with Crippen LogP contribution >= 0.6 is 0 Å². The standard InChI is InChI=1S/C19H22N2O5S/c1-25-16-8-10-18(11-9-16)27(23,24)21-15-6-4-14(5-7-15)19(22)20-13-17-3-2-12-26-17/h4-11,17,21H,2-3,12-13H2,1H3,(H,20,22)/t17-/m1/s1. The Labute approximate surface area is 158 Å². The number of ether oxygens (including phenoxy) is 2. The van der Waals surface area contributed by atoms with Crippen molar-refractivity contribution in [2.24, 2.45) is 0 Å². The van der Waals surface area contributed by atoms with Crippen LogP contribution in [0, 0.1) is 0 Å². The van der Waals surface area contributed by atoms with Gasteiger partial charge in [-0.25, -0.2) is 8.42 Å². The van der Waals surface area contributed by atoms with Crippen LogP contribution in [-0.2, 0) is 14.8 Å². The molecular formula is C19H22N2O5S. The summed E-state index contributed by atoms with van der Waals surface area (Å²) in [6.07, 6.45) is 2.04. The predicted octanol–water partition coefficient (Wildman–Crippen LogP) is 2.40. The third kappa shape index (κ3) is 4.99. The molecule has 0 unspecified atom stereocenters. The lowest BCUT2D eigenvalue weighted by molar-refractivity contribution is 0.0858. The summed E-state index contributed by atoms with van der Waals surface area (Å²) in [5, 5.41) is 2.83. The fourth-order valence-corrected chi connectivity index (χ4v) is 3.83. The fourth-order valence-electron chi connectivity index (χ4n) is 2.77. The molecule has 0 bridgehead atoms. The van der Waals surface area contributed by atoms with Crippen molar-refractivity contribution < 1.29 is 22.7 Å². The van der Waals surface area contributed by atoms with E-state index in [1.54, 1.807) is 36.4 Å². The molecule has 2 N–H and O–H groups in total. The molecule has 7 nitrogen and oxygen atoms in total. The van der Waals surface area contributed by atoms with Gasteiger partial charge in [-0.2, -0.15) is 0 Å². The Kier molecular flexibility index (Phi) is 5.98. The summed E-state index contributed by atoms with van der Waals surface area (Å²) in [5.41, 5.74) is 0.835. The van der Waals surface area contributed by atoms with Crippen molar-refractivity contribution in [3.05, 3.63) is 54.1 Å². The molecule has 3 rings (SSSR count). The molecule has 1 atom stereocenters. The van der Waals surface area contributed by atoms with Crippen molar-refractivity contribution in [2.75, 3.05) is 25.0 Å². The number of hydrogen-bond donors (Lipinski definition) is 2. The highest BCUT2D eigenvalue weighted by atomic mass is 32.2. The van der Waals surface area contributed by atoms with E-state index in [-0.39, 0.29) is 16.9 Å². The van der Waals surface area contributed by atoms with Crippen molar-refractivity contribution in [2.45, 2.75) is 23.8 Å². The number of anilines is 1. The van der Waals surface area contributed by atoms with Gasteiger partial charge in [0.15, 0.2) is 0 Å². The highest BCUT2D eigenvalue weighted by Crippen LogP contribution is 2.19. The van der Waals surface area contributed by atoms with E-state index in [1.165, 1.54) is 19.2 Å². The summed E-state index contributed by atoms with van der Waals surface area (Å²) in [5.74, 6) is 0.363. The first-order valence-electron chi connectivity index (χ1n) is 8.65. The van der Waals surface area contributed by atoms with E-state index in [2.05, 4.69) is 10.0 Å². The van der Waals surface area contributed by atoms with E-state index in [0.29, 0.717) is 23.5 Å². The van der Waals surface area contributed by atoms with Gasteiger partial charge >= 0.3 is 0 Å². The molecule has 144 valence electrons. The molecule has 1 fully saturated rings. The number of carbonyl (C=O) groups is 1. The van der Waals surface area contributed by atoms with Crippen LogP contribution in [-0.4, -0.2) is 40.7 Å². The van der Waals surface area contributed by atoms with Crippen LogP contribution in [0.5, 0.6) is 5.75 Å². The molecule has 1 aliphatic heterocycles. The van der Waals surface area contributed by atoms with Gasteiger partial charge in [0, 0.05) is 24.4 Å². The lowest BCUT2D eigenvalue weighted by Gasteiger charge is -2.12. The van der Waals surface area contributed by atoms with E-state index in [0.717, 1.165) is 19.4 Å². The van der Waals surface area contributed by atoms with Crippen LogP contribution in [0.4, 0.5) is 5.69 Å². The van der Waals surface area contributed by atoms with Crippen LogP contribution in [0.1, 0.15) is 23.2 Å². The summed E-state index contributed by atoms with van der Waals surface area (Å²) < 4.78 is 37.8. The van der Waals surface area contributed by atoms with Gasteiger partial charge in [0.25, 0.3) is 15.9 Å². The van der Waals surface area contributed by atoms with Gasteiger partial charge in [-0.15, -0.1) is 0 Å². The third-order valence-electron chi connectivity index (χ3n) is 4.28. The molecule has 27 heavy (non-hydrogen) atoms. The average molecular weight is 390 g/mol. The SMILES string of the molecule is COc1ccc(S(=O)(=O)Nc2ccc(C(=O)NC[C@H]3CCCO3)cc2)cc1. The number of amides is 1. The van der Waals surface area contributed by atoms with Crippen molar-refractivity contribution in [3.8, 4) is 5.75 Å². The Morgan fingerprint density at radius 1 is 1.15 bits per heavy atom. The minimum atomic E-state index is -3.72. The molecule has 1 aliphatic rings. The largest absolute Gasteiger partial charge is 0.497 e. The summed E-state index contributed by atoms with van der Waals surface area (Å²) in [6, 6.07) is 12.4. The van der Waals surface area contributed by atoms with Gasteiger partial charge in [-0.1, -0.05) is 0 Å². The molecule has 0 radical (unpaired) electrons. The first kappa shape index (κ1) is 19.2. The molecule has 8 heteroatoms. The molecule has 1 heterocycles. The maximum Gasteiger partial charge on any atom is 0.261 e. The molecule has 0 saturated carbocycles. The minimum absolute atomic E-state index is 0.0736.